The minimum Gasteiger partial charge on any atom is -0.388 e. The summed E-state index contributed by atoms with van der Waals surface area (Å²) in [5.74, 6) is 0.208. The molecule has 182 valence electrons. The molecule has 0 aromatic carbocycles. The third-order valence-electron chi connectivity index (χ3n) is 6.55. The number of carbonyl (C=O) groups excluding carboxylic acids is 1. The van der Waals surface area contributed by atoms with Crippen LogP contribution in [-0.4, -0.2) is 87.0 Å². The Morgan fingerprint density at radius 1 is 1.23 bits per heavy atom. The van der Waals surface area contributed by atoms with E-state index in [1.165, 1.54) is 6.20 Å². The molecule has 3 N–H and O–H groups in total. The van der Waals surface area contributed by atoms with E-state index in [2.05, 4.69) is 20.7 Å². The van der Waals surface area contributed by atoms with Crippen molar-refractivity contribution < 1.29 is 23.8 Å². The first-order valence-electron chi connectivity index (χ1n) is 11.4. The third kappa shape index (κ3) is 3.61. The molecule has 1 unspecified atom stereocenters. The Morgan fingerprint density at radius 3 is 2.83 bits per heavy atom. The van der Waals surface area contributed by atoms with Gasteiger partial charge in [-0.2, -0.15) is 9.61 Å². The van der Waals surface area contributed by atoms with Crippen LogP contribution in [0.5, 0.6) is 0 Å². The number of rotatable bonds is 5. The Labute approximate surface area is 198 Å². The highest BCUT2D eigenvalue weighted by Gasteiger charge is 2.32. The Kier molecular flexibility index (Phi) is 5.35. The fourth-order valence-electron chi connectivity index (χ4n) is 4.68. The summed E-state index contributed by atoms with van der Waals surface area (Å²) in [5.41, 5.74) is 2.56. The lowest BCUT2D eigenvalue weighted by Gasteiger charge is -2.14. The van der Waals surface area contributed by atoms with E-state index in [0.29, 0.717) is 22.8 Å². The van der Waals surface area contributed by atoms with E-state index in [0.717, 1.165) is 10.9 Å². The zero-order valence-electron chi connectivity index (χ0n) is 18.9. The Balaban J connectivity index is 1.47. The van der Waals surface area contributed by atoms with Crippen LogP contribution in [0.25, 0.3) is 27.9 Å². The summed E-state index contributed by atoms with van der Waals surface area (Å²) in [7, 11) is 1.75. The Morgan fingerprint density at radius 2 is 2.09 bits per heavy atom. The van der Waals surface area contributed by atoms with Crippen molar-refractivity contribution in [3.63, 3.8) is 0 Å². The van der Waals surface area contributed by atoms with Gasteiger partial charge in [0.2, 0.25) is 0 Å². The van der Waals surface area contributed by atoms with Crippen molar-refractivity contribution in [2.75, 3.05) is 38.8 Å². The molecular weight excluding hydrogens is 457 g/mol. The molecule has 12 heteroatoms. The van der Waals surface area contributed by atoms with Gasteiger partial charge in [0, 0.05) is 36.5 Å². The summed E-state index contributed by atoms with van der Waals surface area (Å²) in [6, 6.07) is 4.56. The molecule has 1 amide bonds. The highest BCUT2D eigenvalue weighted by Crippen LogP contribution is 2.35. The summed E-state index contributed by atoms with van der Waals surface area (Å²) in [5, 5.41) is 21.0. The summed E-state index contributed by atoms with van der Waals surface area (Å²) in [6.45, 7) is 0.726. The first-order chi connectivity index (χ1) is 17.0. The minimum absolute atomic E-state index is 0.0512. The second-order valence-corrected chi connectivity index (χ2v) is 8.70. The Bertz CT molecular complexity index is 1420. The fourth-order valence-corrected chi connectivity index (χ4v) is 4.68. The standard InChI is InChI=1S/C23H24FN7O4/c1-25-20-5-16(14-7-30(18-10-34-8-15(18)24)21-12(14)3-2-4-26-21)28-22-13(6-27-31(20)22)23(33)29-17-9-35-11-19(17)32/h2-7,15,17-19,25,32H,8-11H2,1H3,(H,29,33)/t15-,17-,18+,19?/m0/s1. The average Bonchev–Trinajstić information content (AvgIpc) is 3.65. The van der Waals surface area contributed by atoms with E-state index in [-0.39, 0.29) is 32.0 Å². The second kappa shape index (κ2) is 8.56. The molecule has 35 heavy (non-hydrogen) atoms. The number of ether oxygens (including phenoxy) is 2. The minimum atomic E-state index is -1.14. The lowest BCUT2D eigenvalue weighted by Crippen LogP contribution is -2.42. The van der Waals surface area contributed by atoms with Gasteiger partial charge in [0.25, 0.3) is 5.91 Å². The van der Waals surface area contributed by atoms with Crippen molar-refractivity contribution in [3.8, 4) is 11.3 Å². The predicted octanol–water partition coefficient (Wildman–Crippen LogP) is 1.19. The summed E-state index contributed by atoms with van der Waals surface area (Å²) >= 11 is 0. The average molecular weight is 481 g/mol. The molecule has 6 rings (SSSR count). The first kappa shape index (κ1) is 21.9. The molecule has 4 atom stereocenters. The highest BCUT2D eigenvalue weighted by atomic mass is 19.1. The largest absolute Gasteiger partial charge is 0.388 e. The van der Waals surface area contributed by atoms with Gasteiger partial charge in [-0.1, -0.05) is 0 Å². The number of nitrogens with zero attached hydrogens (tertiary/aromatic N) is 5. The van der Waals surface area contributed by atoms with Crippen LogP contribution in [0.2, 0.25) is 0 Å². The van der Waals surface area contributed by atoms with Gasteiger partial charge in [0.15, 0.2) is 5.65 Å². The summed E-state index contributed by atoms with van der Waals surface area (Å²) in [6.07, 6.45) is 3.05. The molecule has 2 saturated heterocycles. The SMILES string of the molecule is CNc1cc(-c2cn([C@@H]3COC[C@@H]3F)c3ncccc23)nc2c(C(=O)N[C@H]3COCC3O)cnn12. The number of fused-ring (bicyclic) bond motifs is 2. The molecule has 4 aromatic rings. The van der Waals surface area contributed by atoms with Crippen molar-refractivity contribution in [1.29, 1.82) is 0 Å². The van der Waals surface area contributed by atoms with Gasteiger partial charge in [-0.05, 0) is 12.1 Å². The molecule has 0 aliphatic carbocycles. The molecular formula is C23H24FN7O4. The van der Waals surface area contributed by atoms with Crippen LogP contribution in [0, 0.1) is 0 Å². The molecule has 2 aliphatic heterocycles. The van der Waals surface area contributed by atoms with Crippen LogP contribution in [0.4, 0.5) is 10.2 Å². The molecule has 2 fully saturated rings. The van der Waals surface area contributed by atoms with Gasteiger partial charge in [-0.15, -0.1) is 0 Å². The number of nitrogens with one attached hydrogen (secondary N) is 2. The summed E-state index contributed by atoms with van der Waals surface area (Å²) < 4.78 is 28.5. The van der Waals surface area contributed by atoms with Gasteiger partial charge in [-0.25, -0.2) is 14.4 Å². The molecule has 0 spiro atoms. The van der Waals surface area contributed by atoms with E-state index >= 15 is 0 Å². The van der Waals surface area contributed by atoms with Gasteiger partial charge in [-0.3, -0.25) is 4.79 Å². The number of pyridine rings is 1. The summed E-state index contributed by atoms with van der Waals surface area (Å²) in [4.78, 5) is 22.3. The van der Waals surface area contributed by atoms with Crippen LogP contribution in [0.3, 0.4) is 0 Å². The quantitative estimate of drug-likeness (QED) is 0.388. The van der Waals surface area contributed by atoms with Gasteiger partial charge >= 0.3 is 0 Å². The molecule has 6 heterocycles. The topological polar surface area (TPSA) is 128 Å². The van der Waals surface area contributed by atoms with Crippen LogP contribution in [-0.2, 0) is 9.47 Å². The van der Waals surface area contributed by atoms with E-state index in [9.17, 15) is 14.3 Å². The van der Waals surface area contributed by atoms with Gasteiger partial charge < -0.3 is 29.8 Å². The number of aliphatic hydroxyl groups is 1. The van der Waals surface area contributed by atoms with Crippen LogP contribution in [0.1, 0.15) is 16.4 Å². The maximum Gasteiger partial charge on any atom is 0.257 e. The maximum absolute atomic E-state index is 14.6. The fraction of sp³-hybridized carbons (Fsp3) is 0.391. The number of amides is 1. The number of aliphatic hydroxyl groups excluding tert-OH is 1. The zero-order valence-corrected chi connectivity index (χ0v) is 18.9. The third-order valence-corrected chi connectivity index (χ3v) is 6.55. The molecule has 0 radical (unpaired) electrons. The van der Waals surface area contributed by atoms with Crippen LogP contribution < -0.4 is 10.6 Å². The lowest BCUT2D eigenvalue weighted by molar-refractivity contribution is 0.0888. The molecule has 11 nitrogen and oxygen atoms in total. The number of halogens is 1. The van der Waals surface area contributed by atoms with Crippen molar-refractivity contribution in [2.24, 2.45) is 0 Å². The van der Waals surface area contributed by atoms with Gasteiger partial charge in [0.05, 0.1) is 56.5 Å². The van der Waals surface area contributed by atoms with Gasteiger partial charge in [0.1, 0.15) is 23.2 Å². The number of anilines is 1. The number of carbonyl (C=O) groups is 1. The van der Waals surface area contributed by atoms with Crippen LogP contribution >= 0.6 is 0 Å². The van der Waals surface area contributed by atoms with Crippen LogP contribution in [0.15, 0.2) is 36.8 Å². The molecule has 2 aliphatic rings. The normalized spacial score (nSPS) is 24.4. The Hall–Kier alpha value is -3.61. The smallest absolute Gasteiger partial charge is 0.257 e. The maximum atomic E-state index is 14.6. The number of hydrogen-bond donors (Lipinski definition) is 3. The second-order valence-electron chi connectivity index (χ2n) is 8.70. The molecule has 4 aromatic heterocycles. The van der Waals surface area contributed by atoms with E-state index in [1.807, 2.05) is 24.4 Å². The van der Waals surface area contributed by atoms with Crippen molar-refractivity contribution in [2.45, 2.75) is 24.4 Å². The monoisotopic (exact) mass is 481 g/mol. The van der Waals surface area contributed by atoms with Crippen molar-refractivity contribution >= 4 is 28.4 Å². The molecule has 0 saturated carbocycles. The molecule has 0 bridgehead atoms. The predicted molar refractivity (Wildman–Crippen MR) is 124 cm³/mol. The van der Waals surface area contributed by atoms with E-state index in [1.54, 1.807) is 22.3 Å². The van der Waals surface area contributed by atoms with Crippen molar-refractivity contribution in [1.82, 2.24) is 29.5 Å². The van der Waals surface area contributed by atoms with E-state index in [4.69, 9.17) is 14.5 Å². The van der Waals surface area contributed by atoms with E-state index < -0.39 is 30.3 Å². The highest BCUT2D eigenvalue weighted by molar-refractivity contribution is 6.01. The van der Waals surface area contributed by atoms with Crippen molar-refractivity contribution in [3.05, 3.63) is 42.4 Å². The lowest BCUT2D eigenvalue weighted by atomic mass is 10.1. The number of alkyl halides is 1. The first-order valence-corrected chi connectivity index (χ1v) is 11.4. The zero-order chi connectivity index (χ0) is 24.1. The number of aromatic nitrogens is 5. The number of hydrogen-bond acceptors (Lipinski definition) is 8.